The van der Waals surface area contributed by atoms with Gasteiger partial charge in [0.2, 0.25) is 5.91 Å². The molecule has 1 aromatic rings. The van der Waals surface area contributed by atoms with Gasteiger partial charge in [0.05, 0.1) is 11.5 Å². The average Bonchev–Trinajstić information content (AvgIpc) is 2.54. The van der Waals surface area contributed by atoms with Gasteiger partial charge < -0.3 is 14.9 Å². The molecule has 1 N–H and O–H groups in total. The molecule has 120 valence electrons. The van der Waals surface area contributed by atoms with E-state index < -0.39 is 4.92 Å². The minimum Gasteiger partial charge on any atom is -0.396 e. The molecular formula is C15H21N3O4. The Morgan fingerprint density at radius 3 is 2.64 bits per heavy atom. The predicted molar refractivity (Wildman–Crippen MR) is 82.8 cm³/mol. The highest BCUT2D eigenvalue weighted by atomic mass is 16.6. The van der Waals surface area contributed by atoms with Crippen LogP contribution in [-0.2, 0) is 4.79 Å². The molecule has 7 nitrogen and oxygen atoms in total. The van der Waals surface area contributed by atoms with E-state index in [4.69, 9.17) is 5.11 Å². The Hall–Kier alpha value is -2.15. The van der Waals surface area contributed by atoms with E-state index >= 15 is 0 Å². The van der Waals surface area contributed by atoms with Crippen LogP contribution in [0.5, 0.6) is 0 Å². The van der Waals surface area contributed by atoms with Crippen LogP contribution in [-0.4, -0.2) is 54.1 Å². The summed E-state index contributed by atoms with van der Waals surface area (Å²) >= 11 is 0. The number of piperidine rings is 1. The summed E-state index contributed by atoms with van der Waals surface area (Å²) in [7, 11) is 1.68. The summed E-state index contributed by atoms with van der Waals surface area (Å²) in [6, 6.07) is 6.40. The summed E-state index contributed by atoms with van der Waals surface area (Å²) in [6.07, 6.45) is 1.61. The molecule has 0 bridgehead atoms. The third kappa shape index (κ3) is 3.73. The Labute approximate surface area is 129 Å². The molecular weight excluding hydrogens is 286 g/mol. The van der Waals surface area contributed by atoms with Gasteiger partial charge in [-0.1, -0.05) is 12.1 Å². The summed E-state index contributed by atoms with van der Waals surface area (Å²) in [5.41, 5.74) is 0.433. The lowest BCUT2D eigenvalue weighted by Gasteiger charge is -2.32. The fraction of sp³-hybridized carbons (Fsp3) is 0.533. The maximum Gasteiger partial charge on any atom is 0.292 e. The van der Waals surface area contributed by atoms with Crippen LogP contribution in [0.25, 0.3) is 0 Å². The Morgan fingerprint density at radius 2 is 2.05 bits per heavy atom. The first-order valence-corrected chi connectivity index (χ1v) is 7.36. The van der Waals surface area contributed by atoms with Gasteiger partial charge in [-0.15, -0.1) is 0 Å². The van der Waals surface area contributed by atoms with E-state index in [1.807, 2.05) is 0 Å². The number of carbonyl (C=O) groups excluding carboxylic acids is 1. The van der Waals surface area contributed by atoms with Gasteiger partial charge in [-0.05, 0) is 24.8 Å². The summed E-state index contributed by atoms with van der Waals surface area (Å²) in [6.45, 7) is 1.54. The van der Waals surface area contributed by atoms with Gasteiger partial charge in [0, 0.05) is 32.8 Å². The zero-order chi connectivity index (χ0) is 16.1. The fourth-order valence-corrected chi connectivity index (χ4v) is 2.69. The van der Waals surface area contributed by atoms with E-state index in [9.17, 15) is 14.9 Å². The zero-order valence-corrected chi connectivity index (χ0v) is 12.6. The van der Waals surface area contributed by atoms with Crippen LogP contribution < -0.4 is 4.90 Å². The maximum absolute atomic E-state index is 12.3. The van der Waals surface area contributed by atoms with Crippen molar-refractivity contribution in [2.75, 3.05) is 38.2 Å². The first kappa shape index (κ1) is 16.2. The molecule has 22 heavy (non-hydrogen) atoms. The number of hydrogen-bond acceptors (Lipinski definition) is 5. The van der Waals surface area contributed by atoms with Crippen molar-refractivity contribution in [3.63, 3.8) is 0 Å². The van der Waals surface area contributed by atoms with Gasteiger partial charge in [-0.3, -0.25) is 14.9 Å². The van der Waals surface area contributed by atoms with E-state index in [0.29, 0.717) is 18.8 Å². The number of benzene rings is 1. The van der Waals surface area contributed by atoms with Crippen LogP contribution in [0.2, 0.25) is 0 Å². The molecule has 0 unspecified atom stereocenters. The number of hydrogen-bond donors (Lipinski definition) is 1. The largest absolute Gasteiger partial charge is 0.396 e. The van der Waals surface area contributed by atoms with Gasteiger partial charge >= 0.3 is 0 Å². The van der Waals surface area contributed by atoms with Crippen molar-refractivity contribution in [2.24, 2.45) is 5.92 Å². The summed E-state index contributed by atoms with van der Waals surface area (Å²) < 4.78 is 0. The highest BCUT2D eigenvalue weighted by molar-refractivity contribution is 5.82. The topological polar surface area (TPSA) is 86.9 Å². The highest BCUT2D eigenvalue weighted by Crippen LogP contribution is 2.26. The lowest BCUT2D eigenvalue weighted by molar-refractivity contribution is -0.384. The molecule has 0 atom stereocenters. The van der Waals surface area contributed by atoms with Gasteiger partial charge in [-0.2, -0.15) is 0 Å². The van der Waals surface area contributed by atoms with E-state index in [2.05, 4.69) is 0 Å². The second-order valence-electron chi connectivity index (χ2n) is 5.61. The molecule has 0 radical (unpaired) electrons. The van der Waals surface area contributed by atoms with Crippen molar-refractivity contribution in [1.82, 2.24) is 4.90 Å². The number of likely N-dealkylation sites (N-methyl/N-ethyl adjacent to an activating group) is 1. The summed E-state index contributed by atoms with van der Waals surface area (Å²) in [4.78, 5) is 26.3. The van der Waals surface area contributed by atoms with Crippen LogP contribution >= 0.6 is 0 Å². The molecule has 2 rings (SSSR count). The van der Waals surface area contributed by atoms with E-state index in [-0.39, 0.29) is 30.7 Å². The average molecular weight is 307 g/mol. The molecule has 1 aromatic carbocycles. The van der Waals surface area contributed by atoms with Crippen molar-refractivity contribution in [2.45, 2.75) is 12.8 Å². The molecule has 1 saturated heterocycles. The summed E-state index contributed by atoms with van der Waals surface area (Å²) in [5, 5.41) is 20.2. The Bertz CT molecular complexity index is 541. The van der Waals surface area contributed by atoms with Gasteiger partial charge in [0.15, 0.2) is 0 Å². The van der Waals surface area contributed by atoms with Crippen molar-refractivity contribution in [3.8, 4) is 0 Å². The molecule has 0 aliphatic carbocycles. The van der Waals surface area contributed by atoms with Crippen molar-refractivity contribution >= 4 is 17.3 Å². The number of likely N-dealkylation sites (tertiary alicyclic amines) is 1. The molecule has 0 spiro atoms. The van der Waals surface area contributed by atoms with E-state index in [1.54, 1.807) is 35.0 Å². The number of carbonyl (C=O) groups is 1. The van der Waals surface area contributed by atoms with Crippen LogP contribution in [0.1, 0.15) is 12.8 Å². The molecule has 1 aliphatic heterocycles. The van der Waals surface area contributed by atoms with Crippen LogP contribution in [0.4, 0.5) is 11.4 Å². The second-order valence-corrected chi connectivity index (χ2v) is 5.61. The quantitative estimate of drug-likeness (QED) is 0.653. The lowest BCUT2D eigenvalue weighted by atomic mass is 9.98. The fourth-order valence-electron chi connectivity index (χ4n) is 2.69. The normalized spacial score (nSPS) is 15.6. The van der Waals surface area contributed by atoms with E-state index in [1.165, 1.54) is 6.07 Å². The number of aliphatic hydroxyl groups excluding tert-OH is 1. The minimum absolute atomic E-state index is 0.00297. The minimum atomic E-state index is -0.441. The van der Waals surface area contributed by atoms with Crippen molar-refractivity contribution in [3.05, 3.63) is 34.4 Å². The molecule has 1 heterocycles. The van der Waals surface area contributed by atoms with Crippen LogP contribution in [0, 0.1) is 16.0 Å². The van der Waals surface area contributed by atoms with Gasteiger partial charge in [0.1, 0.15) is 5.69 Å². The van der Waals surface area contributed by atoms with Gasteiger partial charge in [-0.25, -0.2) is 0 Å². The van der Waals surface area contributed by atoms with E-state index in [0.717, 1.165) is 12.8 Å². The number of amides is 1. The first-order valence-electron chi connectivity index (χ1n) is 7.36. The molecule has 7 heteroatoms. The lowest BCUT2D eigenvalue weighted by Crippen LogP contribution is -2.44. The number of rotatable bonds is 5. The molecule has 0 saturated carbocycles. The van der Waals surface area contributed by atoms with Crippen molar-refractivity contribution < 1.29 is 14.8 Å². The maximum atomic E-state index is 12.3. The molecule has 0 aromatic heterocycles. The smallest absolute Gasteiger partial charge is 0.292 e. The Morgan fingerprint density at radius 1 is 1.41 bits per heavy atom. The van der Waals surface area contributed by atoms with Crippen molar-refractivity contribution in [1.29, 1.82) is 0 Å². The number of aliphatic hydroxyl groups is 1. The van der Waals surface area contributed by atoms with Gasteiger partial charge in [0.25, 0.3) is 5.69 Å². The molecule has 1 fully saturated rings. The molecule has 1 amide bonds. The second kappa shape index (κ2) is 7.22. The third-order valence-corrected chi connectivity index (χ3v) is 4.09. The number of nitro benzene ring substituents is 1. The summed E-state index contributed by atoms with van der Waals surface area (Å²) in [5.74, 6) is 0.231. The standard InChI is InChI=1S/C15H21N3O4/c1-16(13-4-2-3-5-14(13)18(21)22)10-15(20)17-8-6-12(11-19)7-9-17/h2-5,12,19H,6-11H2,1H3. The predicted octanol–water partition coefficient (Wildman–Crippen LogP) is 1.26. The first-order chi connectivity index (χ1) is 10.5. The number of anilines is 1. The number of para-hydroxylation sites is 2. The molecule has 1 aliphatic rings. The SMILES string of the molecule is CN(CC(=O)N1CCC(CO)CC1)c1ccccc1[N+](=O)[O-]. The zero-order valence-electron chi connectivity index (χ0n) is 12.6. The third-order valence-electron chi connectivity index (χ3n) is 4.09. The van der Waals surface area contributed by atoms with Crippen LogP contribution in [0.3, 0.4) is 0 Å². The number of nitrogens with zero attached hydrogens (tertiary/aromatic N) is 3. The Balaban J connectivity index is 1.99. The highest BCUT2D eigenvalue weighted by Gasteiger charge is 2.24. The van der Waals surface area contributed by atoms with Crippen LogP contribution in [0.15, 0.2) is 24.3 Å². The monoisotopic (exact) mass is 307 g/mol. The Kier molecular flexibility index (Phi) is 5.32. The number of nitro groups is 1.